The Labute approximate surface area is 110 Å². The van der Waals surface area contributed by atoms with Gasteiger partial charge in [-0.2, -0.15) is 0 Å². The van der Waals surface area contributed by atoms with Gasteiger partial charge < -0.3 is 14.6 Å². The third kappa shape index (κ3) is 2.87. The van der Waals surface area contributed by atoms with Gasteiger partial charge in [-0.25, -0.2) is 4.79 Å². The van der Waals surface area contributed by atoms with E-state index in [1.165, 1.54) is 7.11 Å². The van der Waals surface area contributed by atoms with E-state index in [4.69, 9.17) is 4.52 Å². The maximum atomic E-state index is 11.2. The molecule has 0 radical (unpaired) electrons. The lowest BCUT2D eigenvalue weighted by Crippen LogP contribution is -2.08. The van der Waals surface area contributed by atoms with E-state index in [9.17, 15) is 4.79 Å². The molecule has 0 unspecified atom stereocenters. The molecule has 7 heteroatoms. The molecule has 0 aromatic carbocycles. The largest absolute Gasteiger partial charge is 0.464 e. The van der Waals surface area contributed by atoms with Crippen molar-refractivity contribution in [2.24, 2.45) is 0 Å². The highest BCUT2D eigenvalue weighted by Gasteiger charge is 2.10. The molecule has 2 aromatic rings. The number of hydrogen-bond acceptors (Lipinski definition) is 7. The fraction of sp³-hybridized carbons (Fsp3) is 0.333. The Kier molecular flexibility index (Phi) is 3.74. The molecule has 0 aliphatic rings. The topological polar surface area (TPSA) is 90.1 Å². The molecule has 0 bridgehead atoms. The van der Waals surface area contributed by atoms with Crippen molar-refractivity contribution in [2.45, 2.75) is 20.4 Å². The van der Waals surface area contributed by atoms with Crippen LogP contribution >= 0.6 is 0 Å². The Balaban J connectivity index is 2.03. The van der Waals surface area contributed by atoms with E-state index in [2.05, 4.69) is 25.4 Å². The van der Waals surface area contributed by atoms with Crippen LogP contribution in [0, 0.1) is 13.8 Å². The second kappa shape index (κ2) is 5.47. The van der Waals surface area contributed by atoms with E-state index < -0.39 is 5.97 Å². The highest BCUT2D eigenvalue weighted by molar-refractivity contribution is 5.86. The van der Waals surface area contributed by atoms with Crippen molar-refractivity contribution in [3.8, 4) is 0 Å². The number of nitrogens with one attached hydrogen (secondary N) is 1. The van der Waals surface area contributed by atoms with Gasteiger partial charge in [-0.05, 0) is 26.0 Å². The van der Waals surface area contributed by atoms with Crippen LogP contribution in [0.1, 0.15) is 27.5 Å². The number of aryl methyl sites for hydroxylation is 2. The standard InChI is InChI=1S/C12H14N4O3/c1-7-9(8(2)19-16-7)6-13-11-5-4-10(14-15-11)12(17)18-3/h4-5H,6H2,1-3H3,(H,13,15). The molecule has 7 nitrogen and oxygen atoms in total. The normalized spacial score (nSPS) is 10.3. The summed E-state index contributed by atoms with van der Waals surface area (Å²) in [5.74, 6) is 0.821. The van der Waals surface area contributed by atoms with Gasteiger partial charge in [0.05, 0.1) is 12.8 Å². The van der Waals surface area contributed by atoms with E-state index in [1.807, 2.05) is 13.8 Å². The lowest BCUT2D eigenvalue weighted by molar-refractivity contribution is 0.0593. The van der Waals surface area contributed by atoms with Crippen LogP contribution in [0.3, 0.4) is 0 Å². The van der Waals surface area contributed by atoms with Crippen LogP contribution in [0.4, 0.5) is 5.82 Å². The van der Waals surface area contributed by atoms with Gasteiger partial charge in [-0.3, -0.25) is 0 Å². The number of aromatic nitrogens is 3. The number of rotatable bonds is 4. The van der Waals surface area contributed by atoms with E-state index in [0.717, 1.165) is 17.0 Å². The number of carbonyl (C=O) groups excluding carboxylic acids is 1. The minimum atomic E-state index is -0.509. The number of esters is 1. The molecular formula is C12H14N4O3. The summed E-state index contributed by atoms with van der Waals surface area (Å²) >= 11 is 0. The maximum absolute atomic E-state index is 11.2. The van der Waals surface area contributed by atoms with Crippen molar-refractivity contribution in [1.82, 2.24) is 15.4 Å². The van der Waals surface area contributed by atoms with Crippen LogP contribution in [-0.2, 0) is 11.3 Å². The Morgan fingerprint density at radius 2 is 2.16 bits per heavy atom. The van der Waals surface area contributed by atoms with Crippen molar-refractivity contribution in [3.05, 3.63) is 34.8 Å². The zero-order valence-corrected chi connectivity index (χ0v) is 10.9. The predicted octanol–water partition coefficient (Wildman–Crippen LogP) is 1.48. The van der Waals surface area contributed by atoms with Crippen molar-refractivity contribution in [2.75, 3.05) is 12.4 Å². The molecule has 19 heavy (non-hydrogen) atoms. The van der Waals surface area contributed by atoms with Gasteiger partial charge in [0.1, 0.15) is 11.6 Å². The first kappa shape index (κ1) is 13.0. The summed E-state index contributed by atoms with van der Waals surface area (Å²) in [6.07, 6.45) is 0. The van der Waals surface area contributed by atoms with E-state index in [-0.39, 0.29) is 5.69 Å². The van der Waals surface area contributed by atoms with Crippen molar-refractivity contribution >= 4 is 11.8 Å². The summed E-state index contributed by atoms with van der Waals surface area (Å²) in [5, 5.41) is 14.6. The number of nitrogens with zero attached hydrogens (tertiary/aromatic N) is 3. The molecule has 0 saturated heterocycles. The first-order valence-electron chi connectivity index (χ1n) is 5.69. The van der Waals surface area contributed by atoms with Crippen LogP contribution in [0.25, 0.3) is 0 Å². The molecule has 2 heterocycles. The Morgan fingerprint density at radius 1 is 1.37 bits per heavy atom. The lowest BCUT2D eigenvalue weighted by Gasteiger charge is -2.04. The molecule has 2 aromatic heterocycles. The lowest BCUT2D eigenvalue weighted by atomic mass is 10.2. The maximum Gasteiger partial charge on any atom is 0.358 e. The quantitative estimate of drug-likeness (QED) is 0.834. The first-order valence-corrected chi connectivity index (χ1v) is 5.69. The van der Waals surface area contributed by atoms with Crippen molar-refractivity contribution in [1.29, 1.82) is 0 Å². The van der Waals surface area contributed by atoms with E-state index in [0.29, 0.717) is 12.4 Å². The van der Waals surface area contributed by atoms with Gasteiger partial charge >= 0.3 is 5.97 Å². The second-order valence-corrected chi connectivity index (χ2v) is 3.95. The van der Waals surface area contributed by atoms with Crippen LogP contribution in [0.15, 0.2) is 16.7 Å². The number of carbonyl (C=O) groups is 1. The van der Waals surface area contributed by atoms with E-state index >= 15 is 0 Å². The molecule has 1 N–H and O–H groups in total. The third-order valence-corrected chi connectivity index (χ3v) is 2.69. The fourth-order valence-electron chi connectivity index (χ4n) is 1.57. The minimum Gasteiger partial charge on any atom is -0.464 e. The highest BCUT2D eigenvalue weighted by atomic mass is 16.5. The van der Waals surface area contributed by atoms with Crippen LogP contribution < -0.4 is 5.32 Å². The average Bonchev–Trinajstić information content (AvgIpc) is 2.75. The zero-order chi connectivity index (χ0) is 13.8. The fourth-order valence-corrected chi connectivity index (χ4v) is 1.57. The number of hydrogen-bond donors (Lipinski definition) is 1. The molecule has 0 atom stereocenters. The average molecular weight is 262 g/mol. The summed E-state index contributed by atoms with van der Waals surface area (Å²) in [5.41, 5.74) is 1.99. The molecule has 0 saturated carbocycles. The second-order valence-electron chi connectivity index (χ2n) is 3.95. The molecular weight excluding hydrogens is 248 g/mol. The summed E-state index contributed by atoms with van der Waals surface area (Å²) in [7, 11) is 1.30. The summed E-state index contributed by atoms with van der Waals surface area (Å²) in [6.45, 7) is 4.26. The van der Waals surface area contributed by atoms with Gasteiger partial charge in [0.25, 0.3) is 0 Å². The van der Waals surface area contributed by atoms with Crippen LogP contribution in [0.2, 0.25) is 0 Å². The molecule has 0 aliphatic heterocycles. The highest BCUT2D eigenvalue weighted by Crippen LogP contribution is 2.14. The van der Waals surface area contributed by atoms with Gasteiger partial charge in [0.15, 0.2) is 5.69 Å². The SMILES string of the molecule is COC(=O)c1ccc(NCc2c(C)noc2C)nn1. The molecule has 0 spiro atoms. The summed E-state index contributed by atoms with van der Waals surface area (Å²) < 4.78 is 9.61. The predicted molar refractivity (Wildman–Crippen MR) is 66.7 cm³/mol. The minimum absolute atomic E-state index is 0.172. The molecule has 2 rings (SSSR count). The van der Waals surface area contributed by atoms with Crippen LogP contribution in [0.5, 0.6) is 0 Å². The molecule has 100 valence electrons. The monoisotopic (exact) mass is 262 g/mol. The number of ether oxygens (including phenoxy) is 1. The number of anilines is 1. The Hall–Kier alpha value is -2.44. The smallest absolute Gasteiger partial charge is 0.358 e. The van der Waals surface area contributed by atoms with E-state index in [1.54, 1.807) is 12.1 Å². The van der Waals surface area contributed by atoms with Crippen molar-refractivity contribution in [3.63, 3.8) is 0 Å². The zero-order valence-electron chi connectivity index (χ0n) is 10.9. The summed E-state index contributed by atoms with van der Waals surface area (Å²) in [6, 6.07) is 3.21. The van der Waals surface area contributed by atoms with Gasteiger partial charge in [0, 0.05) is 12.1 Å². The van der Waals surface area contributed by atoms with Crippen LogP contribution in [-0.4, -0.2) is 28.4 Å². The molecule has 0 fully saturated rings. The molecule has 0 amide bonds. The third-order valence-electron chi connectivity index (χ3n) is 2.69. The Bertz CT molecular complexity index is 558. The number of methoxy groups -OCH3 is 1. The van der Waals surface area contributed by atoms with Crippen molar-refractivity contribution < 1.29 is 14.1 Å². The first-order chi connectivity index (χ1) is 9.11. The van der Waals surface area contributed by atoms with Gasteiger partial charge in [-0.15, -0.1) is 10.2 Å². The molecule has 0 aliphatic carbocycles. The van der Waals surface area contributed by atoms with Gasteiger partial charge in [-0.1, -0.05) is 5.16 Å². The van der Waals surface area contributed by atoms with Gasteiger partial charge in [0.2, 0.25) is 0 Å². The summed E-state index contributed by atoms with van der Waals surface area (Å²) in [4.78, 5) is 11.2. The Morgan fingerprint density at radius 3 is 2.68 bits per heavy atom.